The maximum absolute atomic E-state index is 12.6. The van der Waals surface area contributed by atoms with Crippen LogP contribution in [0.5, 0.6) is 0 Å². The Balaban J connectivity index is 2.20. The summed E-state index contributed by atoms with van der Waals surface area (Å²) in [6.07, 6.45) is 4.88. The van der Waals surface area contributed by atoms with E-state index in [9.17, 15) is 4.79 Å². The zero-order valence-electron chi connectivity index (χ0n) is 16.2. The van der Waals surface area contributed by atoms with E-state index in [4.69, 9.17) is 5.10 Å². The highest BCUT2D eigenvalue weighted by Crippen LogP contribution is 2.28. The highest BCUT2D eigenvalue weighted by Gasteiger charge is 2.26. The second-order valence-corrected chi connectivity index (χ2v) is 8.23. The molecular formula is C18H28N6O. The van der Waals surface area contributed by atoms with Gasteiger partial charge in [0.15, 0.2) is 0 Å². The van der Waals surface area contributed by atoms with Crippen molar-refractivity contribution in [3.05, 3.63) is 36.0 Å². The SMILES string of the molecule is CN(Cc1cnccn1)C(=O)Nc1cc(C(C)(C)C)nn1C(C)(C)C. The maximum atomic E-state index is 12.6. The van der Waals surface area contributed by atoms with Crippen LogP contribution in [-0.2, 0) is 17.5 Å². The molecule has 2 amide bonds. The quantitative estimate of drug-likeness (QED) is 0.926. The van der Waals surface area contributed by atoms with E-state index in [1.54, 1.807) is 30.5 Å². The van der Waals surface area contributed by atoms with Crippen LogP contribution in [0.4, 0.5) is 10.6 Å². The van der Waals surface area contributed by atoms with Crippen LogP contribution in [0.3, 0.4) is 0 Å². The minimum absolute atomic E-state index is 0.0957. The Bertz CT molecular complexity index is 724. The van der Waals surface area contributed by atoms with E-state index in [-0.39, 0.29) is 17.0 Å². The van der Waals surface area contributed by atoms with Crippen molar-refractivity contribution in [2.75, 3.05) is 12.4 Å². The molecule has 0 aromatic carbocycles. The van der Waals surface area contributed by atoms with Gasteiger partial charge >= 0.3 is 6.03 Å². The molecule has 7 nitrogen and oxygen atoms in total. The first-order valence-electron chi connectivity index (χ1n) is 8.36. The predicted octanol–water partition coefficient (Wildman–Crippen LogP) is 3.39. The van der Waals surface area contributed by atoms with Crippen LogP contribution in [0.1, 0.15) is 52.9 Å². The summed E-state index contributed by atoms with van der Waals surface area (Å²) in [6.45, 7) is 12.9. The Hall–Kier alpha value is -2.44. The molecule has 2 aromatic rings. The fraction of sp³-hybridized carbons (Fsp3) is 0.556. The minimum atomic E-state index is -0.240. The molecule has 0 unspecified atom stereocenters. The molecule has 0 aliphatic heterocycles. The standard InChI is InChI=1S/C18H28N6O/c1-17(2,3)14-10-15(24(22-14)18(4,5)6)21-16(25)23(7)12-13-11-19-8-9-20-13/h8-11H,12H2,1-7H3,(H,21,25). The van der Waals surface area contributed by atoms with Gasteiger partial charge in [0.1, 0.15) is 5.82 Å². The average molecular weight is 344 g/mol. The maximum Gasteiger partial charge on any atom is 0.323 e. The molecule has 0 aliphatic rings. The van der Waals surface area contributed by atoms with Gasteiger partial charge in [0.25, 0.3) is 0 Å². The van der Waals surface area contributed by atoms with Crippen molar-refractivity contribution in [3.63, 3.8) is 0 Å². The van der Waals surface area contributed by atoms with Crippen LogP contribution >= 0.6 is 0 Å². The molecule has 2 rings (SSSR count). The number of nitrogens with zero attached hydrogens (tertiary/aromatic N) is 5. The lowest BCUT2D eigenvalue weighted by molar-refractivity contribution is 0.219. The summed E-state index contributed by atoms with van der Waals surface area (Å²) in [5, 5.41) is 7.68. The minimum Gasteiger partial charge on any atom is -0.322 e. The monoisotopic (exact) mass is 344 g/mol. The molecule has 0 saturated carbocycles. The smallest absolute Gasteiger partial charge is 0.322 e. The first kappa shape index (κ1) is 18.9. The summed E-state index contributed by atoms with van der Waals surface area (Å²) in [4.78, 5) is 22.4. The van der Waals surface area contributed by atoms with Gasteiger partial charge in [-0.2, -0.15) is 5.10 Å². The Morgan fingerprint density at radius 2 is 1.88 bits per heavy atom. The van der Waals surface area contributed by atoms with Crippen LogP contribution < -0.4 is 5.32 Å². The lowest BCUT2D eigenvalue weighted by Gasteiger charge is -2.24. The van der Waals surface area contributed by atoms with Gasteiger partial charge in [0, 0.05) is 30.9 Å². The third-order valence-corrected chi connectivity index (χ3v) is 3.71. The summed E-state index contributed by atoms with van der Waals surface area (Å²) < 4.78 is 1.86. The second kappa shape index (κ2) is 6.82. The third kappa shape index (κ3) is 4.78. The predicted molar refractivity (Wildman–Crippen MR) is 98.4 cm³/mol. The van der Waals surface area contributed by atoms with Crippen LogP contribution in [0.2, 0.25) is 0 Å². The number of carbonyl (C=O) groups excluding carboxylic acids is 1. The fourth-order valence-electron chi connectivity index (χ4n) is 2.28. The van der Waals surface area contributed by atoms with Gasteiger partial charge in [0.05, 0.1) is 29.7 Å². The van der Waals surface area contributed by atoms with Crippen LogP contribution in [0.15, 0.2) is 24.7 Å². The van der Waals surface area contributed by atoms with E-state index in [0.717, 1.165) is 11.4 Å². The van der Waals surface area contributed by atoms with Gasteiger partial charge in [-0.1, -0.05) is 20.8 Å². The number of hydrogen-bond donors (Lipinski definition) is 1. The molecule has 2 heterocycles. The van der Waals surface area contributed by atoms with Crippen molar-refractivity contribution in [1.29, 1.82) is 0 Å². The molecule has 25 heavy (non-hydrogen) atoms. The molecule has 2 aromatic heterocycles. The number of aromatic nitrogens is 4. The van der Waals surface area contributed by atoms with Crippen molar-refractivity contribution < 1.29 is 4.79 Å². The van der Waals surface area contributed by atoms with Crippen LogP contribution in [-0.4, -0.2) is 37.7 Å². The molecule has 0 atom stereocenters. The number of hydrogen-bond acceptors (Lipinski definition) is 4. The largest absolute Gasteiger partial charge is 0.323 e. The molecule has 7 heteroatoms. The third-order valence-electron chi connectivity index (χ3n) is 3.71. The second-order valence-electron chi connectivity index (χ2n) is 8.23. The molecule has 0 fully saturated rings. The summed E-state index contributed by atoms with van der Waals surface area (Å²) >= 11 is 0. The summed E-state index contributed by atoms with van der Waals surface area (Å²) in [5.74, 6) is 0.688. The number of carbonyl (C=O) groups is 1. The van der Waals surface area contributed by atoms with Crippen molar-refractivity contribution in [2.24, 2.45) is 0 Å². The Morgan fingerprint density at radius 1 is 1.20 bits per heavy atom. The van der Waals surface area contributed by atoms with Crippen molar-refractivity contribution >= 4 is 11.8 Å². The highest BCUT2D eigenvalue weighted by molar-refractivity contribution is 5.88. The van der Waals surface area contributed by atoms with Gasteiger partial charge in [0.2, 0.25) is 0 Å². The number of urea groups is 1. The molecule has 1 N–H and O–H groups in total. The highest BCUT2D eigenvalue weighted by atomic mass is 16.2. The number of amides is 2. The first-order chi connectivity index (χ1) is 11.5. The lowest BCUT2D eigenvalue weighted by Crippen LogP contribution is -2.34. The molecule has 0 aliphatic carbocycles. The number of rotatable bonds is 3. The summed E-state index contributed by atoms with van der Waals surface area (Å²) in [7, 11) is 1.73. The van der Waals surface area contributed by atoms with Gasteiger partial charge in [-0.25, -0.2) is 9.48 Å². The van der Waals surface area contributed by atoms with Gasteiger partial charge < -0.3 is 4.90 Å². The Morgan fingerprint density at radius 3 is 2.40 bits per heavy atom. The van der Waals surface area contributed by atoms with E-state index in [0.29, 0.717) is 12.4 Å². The summed E-state index contributed by atoms with van der Waals surface area (Å²) in [6, 6.07) is 1.73. The van der Waals surface area contributed by atoms with Crippen LogP contribution in [0, 0.1) is 0 Å². The Labute approximate surface area is 149 Å². The zero-order valence-corrected chi connectivity index (χ0v) is 16.2. The lowest BCUT2D eigenvalue weighted by atomic mass is 9.92. The molecule has 0 saturated heterocycles. The normalized spacial score (nSPS) is 12.1. The Kier molecular flexibility index (Phi) is 5.15. The van der Waals surface area contributed by atoms with Gasteiger partial charge in [-0.15, -0.1) is 0 Å². The number of nitrogens with one attached hydrogen (secondary N) is 1. The molecule has 0 radical (unpaired) electrons. The zero-order chi connectivity index (χ0) is 18.8. The molecular weight excluding hydrogens is 316 g/mol. The molecule has 0 spiro atoms. The van der Waals surface area contributed by atoms with E-state index in [1.807, 2.05) is 10.7 Å². The first-order valence-corrected chi connectivity index (χ1v) is 8.36. The van der Waals surface area contributed by atoms with E-state index >= 15 is 0 Å². The fourth-order valence-corrected chi connectivity index (χ4v) is 2.28. The van der Waals surface area contributed by atoms with Crippen molar-refractivity contribution in [2.45, 2.75) is 59.0 Å². The van der Waals surface area contributed by atoms with Crippen molar-refractivity contribution in [3.8, 4) is 0 Å². The van der Waals surface area contributed by atoms with Gasteiger partial charge in [-0.3, -0.25) is 15.3 Å². The number of anilines is 1. The van der Waals surface area contributed by atoms with Crippen molar-refractivity contribution in [1.82, 2.24) is 24.6 Å². The van der Waals surface area contributed by atoms with E-state index < -0.39 is 0 Å². The van der Waals surface area contributed by atoms with E-state index in [1.165, 1.54) is 0 Å². The molecule has 0 bridgehead atoms. The summed E-state index contributed by atoms with van der Waals surface area (Å²) in [5.41, 5.74) is 1.34. The molecule has 136 valence electrons. The van der Waals surface area contributed by atoms with Crippen LogP contribution in [0.25, 0.3) is 0 Å². The topological polar surface area (TPSA) is 75.9 Å². The van der Waals surface area contributed by atoms with E-state index in [2.05, 4.69) is 56.8 Å². The average Bonchev–Trinajstić information content (AvgIpc) is 2.92. The van der Waals surface area contributed by atoms with Gasteiger partial charge in [-0.05, 0) is 20.8 Å².